The minimum atomic E-state index is -1.01. The van der Waals surface area contributed by atoms with E-state index in [1.165, 1.54) is 0 Å². The number of esters is 1. The first-order chi connectivity index (χ1) is 9.11. The lowest BCUT2D eigenvalue weighted by Crippen LogP contribution is -2.24. The number of hydrogen-bond acceptors (Lipinski definition) is 5. The highest BCUT2D eigenvalue weighted by atomic mass is 16.5. The van der Waals surface area contributed by atoms with E-state index in [4.69, 9.17) is 14.6 Å². The molecule has 1 rings (SSSR count). The van der Waals surface area contributed by atoms with Gasteiger partial charge in [-0.15, -0.1) is 0 Å². The first-order valence-corrected chi connectivity index (χ1v) is 5.91. The molecule has 0 aliphatic carbocycles. The summed E-state index contributed by atoms with van der Waals surface area (Å²) in [5.74, 6) is -0.805. The molecule has 0 fully saturated rings. The van der Waals surface area contributed by atoms with Gasteiger partial charge in [-0.3, -0.25) is 4.79 Å². The Morgan fingerprint density at radius 2 is 1.95 bits per heavy atom. The van der Waals surface area contributed by atoms with Gasteiger partial charge >= 0.3 is 11.9 Å². The molecular weight excluding hydrogens is 250 g/mol. The topological polar surface area (TPSA) is 84.9 Å². The second-order valence-corrected chi connectivity index (χ2v) is 3.73. The number of carboxylic acids is 1. The van der Waals surface area contributed by atoms with E-state index in [0.29, 0.717) is 18.9 Å². The lowest BCUT2D eigenvalue weighted by Gasteiger charge is -2.06. The summed E-state index contributed by atoms with van der Waals surface area (Å²) in [7, 11) is 0. The molecule has 0 atom stereocenters. The van der Waals surface area contributed by atoms with Crippen LogP contribution in [0.5, 0.6) is 5.75 Å². The highest BCUT2D eigenvalue weighted by Crippen LogP contribution is 2.11. The van der Waals surface area contributed by atoms with Crippen molar-refractivity contribution in [1.82, 2.24) is 5.32 Å². The van der Waals surface area contributed by atoms with Crippen molar-refractivity contribution in [2.45, 2.75) is 13.5 Å². The molecule has 0 spiro atoms. The summed E-state index contributed by atoms with van der Waals surface area (Å²) < 4.78 is 9.78. The molecule has 0 radical (unpaired) electrons. The molecule has 0 aromatic heterocycles. The summed E-state index contributed by atoms with van der Waals surface area (Å²) in [6.45, 7) is 2.45. The highest BCUT2D eigenvalue weighted by Gasteiger charge is 2.02. The van der Waals surface area contributed by atoms with Gasteiger partial charge in [0.15, 0.2) is 6.61 Å². The maximum absolute atomic E-state index is 11.1. The SMILES string of the molecule is CCOC(=O)CNCc1ccc(OCC(=O)O)cc1. The van der Waals surface area contributed by atoms with Crippen molar-refractivity contribution in [1.29, 1.82) is 0 Å². The number of carbonyl (C=O) groups is 2. The monoisotopic (exact) mass is 267 g/mol. The predicted molar refractivity (Wildman–Crippen MR) is 67.9 cm³/mol. The number of carboxylic acid groups (broad SMARTS) is 1. The van der Waals surface area contributed by atoms with Crippen LogP contribution >= 0.6 is 0 Å². The zero-order chi connectivity index (χ0) is 14.1. The number of hydrogen-bond donors (Lipinski definition) is 2. The molecule has 0 heterocycles. The molecule has 6 nitrogen and oxygen atoms in total. The molecule has 1 aromatic carbocycles. The summed E-state index contributed by atoms with van der Waals surface area (Å²) in [6, 6.07) is 6.97. The number of benzene rings is 1. The van der Waals surface area contributed by atoms with E-state index in [0.717, 1.165) is 5.56 Å². The van der Waals surface area contributed by atoms with E-state index >= 15 is 0 Å². The van der Waals surface area contributed by atoms with E-state index in [-0.39, 0.29) is 19.1 Å². The molecule has 19 heavy (non-hydrogen) atoms. The van der Waals surface area contributed by atoms with Crippen molar-refractivity contribution in [3.8, 4) is 5.75 Å². The fraction of sp³-hybridized carbons (Fsp3) is 0.385. The molecule has 0 saturated heterocycles. The first kappa shape index (κ1) is 15.0. The third-order valence-corrected chi connectivity index (χ3v) is 2.19. The van der Waals surface area contributed by atoms with Gasteiger partial charge in [-0.1, -0.05) is 12.1 Å². The second kappa shape index (κ2) is 8.10. The standard InChI is InChI=1S/C13H17NO5/c1-2-18-13(17)8-14-7-10-3-5-11(6-4-10)19-9-12(15)16/h3-6,14H,2,7-9H2,1H3,(H,15,16). The zero-order valence-corrected chi connectivity index (χ0v) is 10.7. The summed E-state index contributed by atoms with van der Waals surface area (Å²) in [5, 5.41) is 11.4. The number of aliphatic carboxylic acids is 1. The molecule has 0 aliphatic rings. The smallest absolute Gasteiger partial charge is 0.341 e. The van der Waals surface area contributed by atoms with Gasteiger partial charge in [0.2, 0.25) is 0 Å². The van der Waals surface area contributed by atoms with Crippen molar-refractivity contribution in [2.75, 3.05) is 19.8 Å². The van der Waals surface area contributed by atoms with Crippen LogP contribution in [-0.2, 0) is 20.9 Å². The number of nitrogens with one attached hydrogen (secondary N) is 1. The van der Waals surface area contributed by atoms with Gasteiger partial charge in [-0.25, -0.2) is 4.79 Å². The van der Waals surface area contributed by atoms with Crippen molar-refractivity contribution in [2.24, 2.45) is 0 Å². The van der Waals surface area contributed by atoms with Crippen molar-refractivity contribution >= 4 is 11.9 Å². The molecule has 6 heteroatoms. The molecule has 104 valence electrons. The molecule has 0 amide bonds. The predicted octanol–water partition coefficient (Wildman–Crippen LogP) is 0.803. The summed E-state index contributed by atoms with van der Waals surface area (Å²) in [6.07, 6.45) is 0. The Kier molecular flexibility index (Phi) is 6.38. The quantitative estimate of drug-likeness (QED) is 0.678. The van der Waals surface area contributed by atoms with Gasteiger partial charge in [0, 0.05) is 6.54 Å². The van der Waals surface area contributed by atoms with E-state index in [2.05, 4.69) is 5.32 Å². The maximum atomic E-state index is 11.1. The van der Waals surface area contributed by atoms with Crippen molar-refractivity contribution < 1.29 is 24.2 Å². The van der Waals surface area contributed by atoms with Crippen molar-refractivity contribution in [3.63, 3.8) is 0 Å². The third-order valence-electron chi connectivity index (χ3n) is 2.19. The normalized spacial score (nSPS) is 9.95. The van der Waals surface area contributed by atoms with Crippen LogP contribution in [0.2, 0.25) is 0 Å². The minimum Gasteiger partial charge on any atom is -0.482 e. The second-order valence-electron chi connectivity index (χ2n) is 3.73. The molecule has 0 bridgehead atoms. The van der Waals surface area contributed by atoms with Gasteiger partial charge in [0.1, 0.15) is 5.75 Å². The van der Waals surface area contributed by atoms with Crippen LogP contribution in [0.1, 0.15) is 12.5 Å². The Bertz CT molecular complexity index is 416. The number of ether oxygens (including phenoxy) is 2. The van der Waals surface area contributed by atoms with Gasteiger partial charge in [0.05, 0.1) is 13.2 Å². The lowest BCUT2D eigenvalue weighted by molar-refractivity contribution is -0.142. The number of rotatable bonds is 8. The Morgan fingerprint density at radius 1 is 1.26 bits per heavy atom. The van der Waals surface area contributed by atoms with Gasteiger partial charge in [-0.2, -0.15) is 0 Å². The molecule has 0 unspecified atom stereocenters. The molecular formula is C13H17NO5. The average molecular weight is 267 g/mol. The molecule has 0 saturated carbocycles. The number of carbonyl (C=O) groups excluding carboxylic acids is 1. The Morgan fingerprint density at radius 3 is 2.53 bits per heavy atom. The highest BCUT2D eigenvalue weighted by molar-refractivity contribution is 5.71. The molecule has 1 aromatic rings. The van der Waals surface area contributed by atoms with Gasteiger partial charge in [0.25, 0.3) is 0 Å². The Labute approximate surface area is 111 Å². The minimum absolute atomic E-state index is 0.158. The van der Waals surface area contributed by atoms with Crippen LogP contribution in [0.25, 0.3) is 0 Å². The summed E-state index contributed by atoms with van der Waals surface area (Å²) in [4.78, 5) is 21.4. The van der Waals surface area contributed by atoms with Crippen molar-refractivity contribution in [3.05, 3.63) is 29.8 Å². The Balaban J connectivity index is 2.31. The van der Waals surface area contributed by atoms with E-state index in [9.17, 15) is 9.59 Å². The van der Waals surface area contributed by atoms with Crippen LogP contribution in [0.3, 0.4) is 0 Å². The fourth-order valence-electron chi connectivity index (χ4n) is 1.37. The van der Waals surface area contributed by atoms with Gasteiger partial charge in [-0.05, 0) is 24.6 Å². The fourth-order valence-corrected chi connectivity index (χ4v) is 1.37. The first-order valence-electron chi connectivity index (χ1n) is 5.91. The molecule has 0 aliphatic heterocycles. The zero-order valence-electron chi connectivity index (χ0n) is 10.7. The third kappa shape index (κ3) is 6.42. The van der Waals surface area contributed by atoms with Crippen LogP contribution in [0, 0.1) is 0 Å². The van der Waals surface area contributed by atoms with E-state index < -0.39 is 5.97 Å². The van der Waals surface area contributed by atoms with E-state index in [1.807, 2.05) is 0 Å². The van der Waals surface area contributed by atoms with Crippen LogP contribution in [-0.4, -0.2) is 36.8 Å². The van der Waals surface area contributed by atoms with Crippen LogP contribution in [0.4, 0.5) is 0 Å². The molecule has 2 N–H and O–H groups in total. The van der Waals surface area contributed by atoms with E-state index in [1.54, 1.807) is 31.2 Å². The van der Waals surface area contributed by atoms with Crippen LogP contribution in [0.15, 0.2) is 24.3 Å². The maximum Gasteiger partial charge on any atom is 0.341 e. The lowest BCUT2D eigenvalue weighted by atomic mass is 10.2. The largest absolute Gasteiger partial charge is 0.482 e. The Hall–Kier alpha value is -2.08. The summed E-state index contributed by atoms with van der Waals surface area (Å²) >= 11 is 0. The van der Waals surface area contributed by atoms with Gasteiger partial charge < -0.3 is 19.9 Å². The van der Waals surface area contributed by atoms with Crippen LogP contribution < -0.4 is 10.1 Å². The average Bonchev–Trinajstić information content (AvgIpc) is 2.38. The summed E-state index contributed by atoms with van der Waals surface area (Å²) in [5.41, 5.74) is 0.965.